The Hall–Kier alpha value is -2.57. The molecule has 1 aliphatic rings. The fourth-order valence-corrected chi connectivity index (χ4v) is 8.73. The summed E-state index contributed by atoms with van der Waals surface area (Å²) in [6, 6.07) is 3.21. The van der Waals surface area contributed by atoms with E-state index in [1.807, 2.05) is 51.1 Å². The van der Waals surface area contributed by atoms with Gasteiger partial charge in [-0.25, -0.2) is 0 Å². The summed E-state index contributed by atoms with van der Waals surface area (Å²) >= 11 is 43.9. The summed E-state index contributed by atoms with van der Waals surface area (Å²) in [7, 11) is 0. The summed E-state index contributed by atoms with van der Waals surface area (Å²) in [5, 5.41) is 49.4. The Morgan fingerprint density at radius 3 is 1.12 bits per heavy atom. The average molecular weight is 1690 g/mol. The van der Waals surface area contributed by atoms with Crippen LogP contribution in [0.1, 0.15) is 139 Å². The number of aliphatic carboxylic acids is 5. The van der Waals surface area contributed by atoms with Crippen molar-refractivity contribution in [3.63, 3.8) is 0 Å². The molecule has 1 aromatic rings. The maximum Gasteiger partial charge on any atom is 0.323 e. The second kappa shape index (κ2) is 69.6. The molecule has 30 N–H and O–H groups in total. The molecule has 104 heavy (non-hydrogen) atoms. The molecule has 41 heteroatoms. The molecule has 0 saturated heterocycles. The van der Waals surface area contributed by atoms with Crippen molar-refractivity contribution in [2.45, 2.75) is 231 Å². The van der Waals surface area contributed by atoms with Crippen molar-refractivity contribution in [3.05, 3.63) is 35.9 Å². The van der Waals surface area contributed by atoms with E-state index in [4.69, 9.17) is 99.4 Å². The number of nitrogens with two attached hydrogens (primary N) is 12. The zero-order valence-electron chi connectivity index (χ0n) is 61.3. The van der Waals surface area contributed by atoms with Crippen molar-refractivity contribution in [2.75, 3.05) is 29.6 Å². The van der Waals surface area contributed by atoms with E-state index in [0.717, 1.165) is 31.2 Å². The van der Waals surface area contributed by atoms with Crippen LogP contribution in [0.3, 0.4) is 0 Å². The Kier molecular flexibility index (Phi) is 80.2. The first kappa shape index (κ1) is 120. The van der Waals surface area contributed by atoms with Gasteiger partial charge in [0.05, 0.1) is 53.5 Å². The monoisotopic (exact) mass is 1690 g/mol. The molecule has 0 spiro atoms. The molecule has 1 saturated carbocycles. The highest BCUT2D eigenvalue weighted by molar-refractivity contribution is 7.82. The van der Waals surface area contributed by atoms with Gasteiger partial charge in [-0.05, 0) is 136 Å². The third-order valence-electron chi connectivity index (χ3n) is 13.7. The maximum atomic E-state index is 11.0. The van der Waals surface area contributed by atoms with E-state index in [2.05, 4.69) is 139 Å². The van der Waals surface area contributed by atoms with Gasteiger partial charge in [-0.2, -0.15) is 139 Å². The first-order valence-corrected chi connectivity index (χ1v) is 38.0. The summed E-state index contributed by atoms with van der Waals surface area (Å²) in [6.07, 6.45) is 3.51. The lowest BCUT2D eigenvalue weighted by atomic mass is 10.0. The first-order chi connectivity index (χ1) is 47.3. The number of benzene rings is 1. The third-order valence-corrected chi connectivity index (χ3v) is 18.8. The number of aliphatic hydroxyl groups is 1. The lowest BCUT2D eigenvalue weighted by molar-refractivity contribution is -0.142. The van der Waals surface area contributed by atoms with Crippen LogP contribution in [0.25, 0.3) is 0 Å². The van der Waals surface area contributed by atoms with Gasteiger partial charge in [0.2, 0.25) is 5.91 Å². The number of carboxylic acids is 5. The molecule has 1 amide bonds. The van der Waals surface area contributed by atoms with Crippen LogP contribution in [0.15, 0.2) is 30.3 Å². The van der Waals surface area contributed by atoms with Crippen LogP contribution in [0.2, 0.25) is 0 Å². The Balaban J connectivity index is -0.000000137. The minimum absolute atomic E-state index is 0.00463. The van der Waals surface area contributed by atoms with Crippen molar-refractivity contribution in [1.82, 2.24) is 0 Å². The van der Waals surface area contributed by atoms with Crippen LogP contribution >= 0.6 is 139 Å². The highest BCUT2D eigenvalue weighted by Crippen LogP contribution is 2.29. The first-order valence-electron chi connectivity index (χ1n) is 32.0. The van der Waals surface area contributed by atoms with E-state index in [9.17, 15) is 57.5 Å². The molecule has 1 fully saturated rings. The predicted octanol–water partition coefficient (Wildman–Crippen LogP) is 1.15. The maximum absolute atomic E-state index is 11.0. The summed E-state index contributed by atoms with van der Waals surface area (Å²) in [6.45, 7) is 20.3. The average Bonchev–Trinajstić information content (AvgIpc) is 1.55. The SMILES string of the molecule is CC(=O)C(N)C(C)CS.CC(=O)C(N)C(S)C(C)C.CC(=O)C(N)C(S)c1ccccc1.CC(=O)C(N)CC(S)C(N)=O.CC(=O)C(N)CC(S)CCN.CC(=O)C(N)CS.CC(C)(S)C(N)C(=O)O.CC(S)C(N)C(=O)O.NC(C(=O)O)C(O)CS.NC(CCS)C(=O)O.O=C(O)C1CCC(S)C1. The van der Waals surface area contributed by atoms with E-state index in [1.165, 1.54) is 41.5 Å². The van der Waals surface area contributed by atoms with Crippen LogP contribution in [-0.4, -0.2) is 228 Å². The van der Waals surface area contributed by atoms with E-state index in [-0.39, 0.29) is 97.8 Å². The summed E-state index contributed by atoms with van der Waals surface area (Å²) in [5.41, 5.74) is 64.3. The number of carboxylic acid groups (broad SMARTS) is 5. The molecular formula is C63H126N12O18S11. The number of carbonyl (C=O) groups excluding carboxylic acids is 7. The standard InChI is InChI=1S/C10H13NOS.C7H16N2OS.C7H15NOS.C6H12N2O2S.C6H13NOS.C6H10O2S.C5H11NO2S.C4H9NO3S.2C4H9NO2S.C4H9NOS/c1-7(12)9(11)10(13)8-5-3-2-4-6-8;1-5(10)7(9)4-6(11)2-3-8;1-4(2)7(10)6(8)5(3)9;1-3(9)4(7)2-5(11)6(8)10;1-4(3-9)6(7)5(2)8;7-6(8)4-1-2-5(9)3-4;1-5(2,9)3(6)4(7)8;5-3(4(7)8)2(6)1-9;1-2(8)3(5)4(6)7;5-3(1-2-8)4(6)7;1-3(6)4(5)2-7/h2-6,9-10,13H,11H2,1H3;6-7,11H,2-4,8-9H2,1H3;4,6-7,10H,8H2,1-3H3;4-5,11H,2,7H2,1H3,(H2,8,10);4,6,9H,3,7H2,1-2H3;4-5,9H,1-3H2,(H,7,8);3,9H,6H2,1-2H3,(H,7,8);2-3,6,9H,1,5H2,(H,7,8);2-3,8H,5H2,1H3,(H,6,7);3,8H,1-2,5H2,(H,6,7);4,7H,2,5H2,1H3. The third kappa shape index (κ3) is 71.1. The smallest absolute Gasteiger partial charge is 0.323 e. The molecule has 1 aromatic carbocycles. The van der Waals surface area contributed by atoms with Crippen molar-refractivity contribution in [1.29, 1.82) is 0 Å². The quantitative estimate of drug-likeness (QED) is 0.0464. The molecule has 2 rings (SSSR count). The number of Topliss-reactive ketones (excluding diaryl/α,β-unsaturated/α-hetero) is 6. The molecule has 19 atom stereocenters. The molecule has 0 aliphatic heterocycles. The fraction of sp³-hybridized carbons (Fsp3) is 0.714. The molecule has 1 aliphatic carbocycles. The minimum Gasteiger partial charge on any atom is -0.481 e. The molecule has 0 radical (unpaired) electrons. The molecule has 612 valence electrons. The highest BCUT2D eigenvalue weighted by atomic mass is 32.1. The van der Waals surface area contributed by atoms with Gasteiger partial charge in [0.1, 0.15) is 58.9 Å². The van der Waals surface area contributed by atoms with Crippen LogP contribution in [-0.2, 0) is 57.5 Å². The van der Waals surface area contributed by atoms with Crippen molar-refractivity contribution < 1.29 is 88.2 Å². The Morgan fingerprint density at radius 2 is 0.933 bits per heavy atom. The van der Waals surface area contributed by atoms with Gasteiger partial charge < -0.3 is 99.4 Å². The lowest BCUT2D eigenvalue weighted by Crippen LogP contribution is -2.45. The number of hydrogen-bond donors (Lipinski definition) is 29. The number of carbonyl (C=O) groups is 12. The summed E-state index contributed by atoms with van der Waals surface area (Å²) < 4.78 is -0.647. The van der Waals surface area contributed by atoms with Gasteiger partial charge in [-0.1, -0.05) is 58.0 Å². The van der Waals surface area contributed by atoms with Crippen LogP contribution in [0.4, 0.5) is 0 Å². The summed E-state index contributed by atoms with van der Waals surface area (Å²) in [5.74, 6) is -3.44. The second-order valence-electron chi connectivity index (χ2n) is 24.3. The molecular weight excluding hydrogens is 1570 g/mol. The zero-order chi connectivity index (χ0) is 84.6. The van der Waals surface area contributed by atoms with Crippen LogP contribution in [0.5, 0.6) is 0 Å². The second-order valence-corrected chi connectivity index (χ2v) is 31.0. The van der Waals surface area contributed by atoms with E-state index in [1.54, 1.807) is 20.8 Å². The van der Waals surface area contributed by atoms with E-state index in [0.29, 0.717) is 47.8 Å². The van der Waals surface area contributed by atoms with Gasteiger partial charge in [-0.3, -0.25) is 57.5 Å². The van der Waals surface area contributed by atoms with Gasteiger partial charge >= 0.3 is 29.8 Å². The molecule has 19 unspecified atom stereocenters. The summed E-state index contributed by atoms with van der Waals surface area (Å²) in [4.78, 5) is 125. The highest BCUT2D eigenvalue weighted by Gasteiger charge is 2.29. The number of thiol groups is 11. The number of amides is 1. The van der Waals surface area contributed by atoms with E-state index >= 15 is 0 Å². The van der Waals surface area contributed by atoms with Gasteiger partial charge in [-0.15, -0.1) is 0 Å². The molecule has 0 bridgehead atoms. The van der Waals surface area contributed by atoms with E-state index < -0.39 is 94.1 Å². The number of aliphatic hydroxyl groups excluding tert-OH is 1. The van der Waals surface area contributed by atoms with Crippen molar-refractivity contribution >= 4 is 209 Å². The topological polar surface area (TPSA) is 638 Å². The largest absolute Gasteiger partial charge is 0.481 e. The van der Waals surface area contributed by atoms with Gasteiger partial charge in [0.25, 0.3) is 0 Å². The van der Waals surface area contributed by atoms with Gasteiger partial charge in [0.15, 0.2) is 0 Å². The predicted molar refractivity (Wildman–Crippen MR) is 452 cm³/mol. The zero-order valence-corrected chi connectivity index (χ0v) is 71.2. The molecule has 0 heterocycles. The fourth-order valence-electron chi connectivity index (χ4n) is 5.90. The number of hydrogen-bond acceptors (Lipinski definition) is 35. The minimum atomic E-state index is -1.22. The Morgan fingerprint density at radius 1 is 0.519 bits per heavy atom. The van der Waals surface area contributed by atoms with Crippen molar-refractivity contribution in [3.8, 4) is 0 Å². The number of ketones is 6. The van der Waals surface area contributed by atoms with Crippen LogP contribution in [0, 0.1) is 17.8 Å². The number of rotatable bonds is 31. The molecule has 0 aromatic heterocycles. The Labute approximate surface area is 675 Å². The van der Waals surface area contributed by atoms with Gasteiger partial charge in [0, 0.05) is 42.5 Å². The lowest BCUT2D eigenvalue weighted by Gasteiger charge is -2.21. The normalized spacial score (nSPS) is 17.3. The number of primary amides is 1. The Bertz CT molecular complexity index is 2510. The molecule has 30 nitrogen and oxygen atoms in total. The van der Waals surface area contributed by atoms with Crippen LogP contribution < -0.4 is 68.8 Å². The van der Waals surface area contributed by atoms with Crippen molar-refractivity contribution in [2.24, 2.45) is 86.6 Å².